The van der Waals surface area contributed by atoms with Crippen molar-refractivity contribution in [2.75, 3.05) is 31.2 Å². The highest BCUT2D eigenvalue weighted by Gasteiger charge is 2.15. The van der Waals surface area contributed by atoms with E-state index >= 15 is 0 Å². The third-order valence-corrected chi connectivity index (χ3v) is 4.26. The van der Waals surface area contributed by atoms with E-state index in [0.29, 0.717) is 17.8 Å². The smallest absolute Gasteiger partial charge is 0.268 e. The molecule has 2 aromatic heterocycles. The highest BCUT2D eigenvalue weighted by molar-refractivity contribution is 7.13. The van der Waals surface area contributed by atoms with Gasteiger partial charge in [-0.2, -0.15) is 5.26 Å². The number of aromatic nitrogens is 2. The summed E-state index contributed by atoms with van der Waals surface area (Å²) in [5, 5.41) is 14.4. The van der Waals surface area contributed by atoms with E-state index in [2.05, 4.69) is 20.2 Å². The predicted molar refractivity (Wildman–Crippen MR) is 81.8 cm³/mol. The van der Waals surface area contributed by atoms with Gasteiger partial charge >= 0.3 is 0 Å². The Morgan fingerprint density at radius 2 is 2.36 bits per heavy atom. The fraction of sp³-hybridized carbons (Fsp3) is 0.357. The number of carbonyl (C=O) groups is 1. The largest absolute Gasteiger partial charge is 0.378 e. The number of nitriles is 1. The first-order chi connectivity index (χ1) is 10.8. The molecule has 1 amide bonds. The van der Waals surface area contributed by atoms with E-state index in [-0.39, 0.29) is 5.91 Å². The first kappa shape index (κ1) is 14.6. The van der Waals surface area contributed by atoms with Crippen LogP contribution in [0.4, 0.5) is 5.13 Å². The molecule has 7 nitrogen and oxygen atoms in total. The van der Waals surface area contributed by atoms with Crippen LogP contribution in [0.3, 0.4) is 0 Å². The number of H-pyrrole nitrogens is 1. The first-order valence-electron chi connectivity index (χ1n) is 6.90. The van der Waals surface area contributed by atoms with Gasteiger partial charge in [0.1, 0.15) is 11.8 Å². The number of anilines is 1. The van der Waals surface area contributed by atoms with Crippen LogP contribution >= 0.6 is 11.3 Å². The van der Waals surface area contributed by atoms with Gasteiger partial charge < -0.3 is 19.9 Å². The van der Waals surface area contributed by atoms with Crippen molar-refractivity contribution >= 4 is 22.4 Å². The van der Waals surface area contributed by atoms with E-state index in [4.69, 9.17) is 10.00 Å². The molecule has 8 heteroatoms. The van der Waals surface area contributed by atoms with E-state index in [1.54, 1.807) is 11.3 Å². The maximum atomic E-state index is 12.0. The van der Waals surface area contributed by atoms with Crippen LogP contribution in [0.2, 0.25) is 0 Å². The second-order valence-electron chi connectivity index (χ2n) is 4.82. The molecule has 0 aromatic carbocycles. The number of amides is 1. The average Bonchev–Trinajstić information content (AvgIpc) is 3.22. The number of hydrogen-bond acceptors (Lipinski definition) is 6. The number of nitrogens with one attached hydrogen (secondary N) is 2. The molecule has 0 radical (unpaired) electrons. The van der Waals surface area contributed by atoms with Gasteiger partial charge in [0.05, 0.1) is 31.0 Å². The molecule has 1 saturated heterocycles. The Balaban J connectivity index is 1.56. The minimum absolute atomic E-state index is 0.248. The predicted octanol–water partition coefficient (Wildman–Crippen LogP) is 1.11. The van der Waals surface area contributed by atoms with Crippen molar-refractivity contribution in [3.8, 4) is 6.07 Å². The van der Waals surface area contributed by atoms with Crippen molar-refractivity contribution in [3.63, 3.8) is 0 Å². The van der Waals surface area contributed by atoms with Crippen molar-refractivity contribution in [3.05, 3.63) is 34.6 Å². The Labute approximate surface area is 131 Å². The molecule has 0 bridgehead atoms. The normalized spacial score (nSPS) is 14.6. The van der Waals surface area contributed by atoms with Crippen molar-refractivity contribution in [1.82, 2.24) is 15.3 Å². The van der Waals surface area contributed by atoms with Crippen LogP contribution in [-0.4, -0.2) is 42.2 Å². The summed E-state index contributed by atoms with van der Waals surface area (Å²) in [5.41, 5.74) is 1.64. The van der Waals surface area contributed by atoms with Gasteiger partial charge in [-0.1, -0.05) is 0 Å². The highest BCUT2D eigenvalue weighted by atomic mass is 32.1. The lowest BCUT2D eigenvalue weighted by Gasteiger charge is -2.26. The van der Waals surface area contributed by atoms with E-state index in [1.165, 1.54) is 12.3 Å². The molecule has 0 unspecified atom stereocenters. The second-order valence-corrected chi connectivity index (χ2v) is 5.65. The molecule has 0 saturated carbocycles. The number of carbonyl (C=O) groups excluding carboxylic acids is 1. The fourth-order valence-electron chi connectivity index (χ4n) is 2.13. The molecule has 1 aliphatic heterocycles. The second kappa shape index (κ2) is 6.60. The van der Waals surface area contributed by atoms with Crippen molar-refractivity contribution < 1.29 is 9.53 Å². The maximum absolute atomic E-state index is 12.0. The minimum Gasteiger partial charge on any atom is -0.378 e. The number of ether oxygens (including phenoxy) is 1. The number of hydrogen-bond donors (Lipinski definition) is 2. The molecular formula is C14H15N5O2S. The Morgan fingerprint density at radius 1 is 1.55 bits per heavy atom. The van der Waals surface area contributed by atoms with Crippen molar-refractivity contribution in [2.24, 2.45) is 0 Å². The zero-order chi connectivity index (χ0) is 15.4. The zero-order valence-corrected chi connectivity index (χ0v) is 12.7. The third-order valence-electron chi connectivity index (χ3n) is 3.31. The van der Waals surface area contributed by atoms with Crippen LogP contribution in [0.15, 0.2) is 17.6 Å². The molecule has 3 heterocycles. The minimum atomic E-state index is -0.248. The SMILES string of the molecule is N#Cc1c[nH]c(C(=O)NCc2csc(N3CCOCC3)n2)c1. The summed E-state index contributed by atoms with van der Waals surface area (Å²) in [6.07, 6.45) is 1.51. The Hall–Kier alpha value is -2.37. The van der Waals surface area contributed by atoms with Crippen LogP contribution in [0.5, 0.6) is 0 Å². The quantitative estimate of drug-likeness (QED) is 0.881. The molecule has 2 aromatic rings. The molecule has 114 valence electrons. The van der Waals surface area contributed by atoms with E-state index in [9.17, 15) is 4.79 Å². The summed E-state index contributed by atoms with van der Waals surface area (Å²) >= 11 is 1.57. The molecule has 2 N–H and O–H groups in total. The topological polar surface area (TPSA) is 94.0 Å². The standard InChI is InChI=1S/C14H15N5O2S/c15-6-10-5-12(16-7-10)13(20)17-8-11-9-22-14(18-11)19-1-3-21-4-2-19/h5,7,9,16H,1-4,8H2,(H,17,20). The molecule has 0 atom stereocenters. The Kier molecular flexibility index (Phi) is 4.37. The summed E-state index contributed by atoms with van der Waals surface area (Å²) in [4.78, 5) is 21.4. The highest BCUT2D eigenvalue weighted by Crippen LogP contribution is 2.21. The van der Waals surface area contributed by atoms with Crippen LogP contribution in [0, 0.1) is 11.3 Å². The molecule has 1 fully saturated rings. The van der Waals surface area contributed by atoms with Gasteiger partial charge in [0.15, 0.2) is 5.13 Å². The van der Waals surface area contributed by atoms with Crippen LogP contribution < -0.4 is 10.2 Å². The van der Waals surface area contributed by atoms with Gasteiger partial charge in [-0.25, -0.2) is 4.98 Å². The molecular weight excluding hydrogens is 302 g/mol. The lowest BCUT2D eigenvalue weighted by atomic mass is 10.3. The summed E-state index contributed by atoms with van der Waals surface area (Å²) in [5.74, 6) is -0.248. The first-order valence-corrected chi connectivity index (χ1v) is 7.78. The van der Waals surface area contributed by atoms with Crippen LogP contribution in [-0.2, 0) is 11.3 Å². The van der Waals surface area contributed by atoms with Crippen molar-refractivity contribution in [1.29, 1.82) is 5.26 Å². The van der Waals surface area contributed by atoms with E-state index in [1.807, 2.05) is 11.4 Å². The van der Waals surface area contributed by atoms with Crippen LogP contribution in [0.1, 0.15) is 21.7 Å². The van der Waals surface area contributed by atoms with Gasteiger partial charge in [-0.3, -0.25) is 4.79 Å². The van der Waals surface area contributed by atoms with Gasteiger partial charge in [0.25, 0.3) is 5.91 Å². The molecule has 0 spiro atoms. The zero-order valence-electron chi connectivity index (χ0n) is 11.8. The lowest BCUT2D eigenvalue weighted by molar-refractivity contribution is 0.0946. The van der Waals surface area contributed by atoms with Crippen molar-refractivity contribution in [2.45, 2.75) is 6.54 Å². The van der Waals surface area contributed by atoms with Gasteiger partial charge in [0, 0.05) is 24.7 Å². The summed E-state index contributed by atoms with van der Waals surface area (Å²) in [6, 6.07) is 3.50. The number of thiazole rings is 1. The summed E-state index contributed by atoms with van der Waals surface area (Å²) < 4.78 is 5.32. The summed E-state index contributed by atoms with van der Waals surface area (Å²) in [6.45, 7) is 3.50. The van der Waals surface area contributed by atoms with E-state index < -0.39 is 0 Å². The lowest BCUT2D eigenvalue weighted by Crippen LogP contribution is -2.36. The van der Waals surface area contributed by atoms with E-state index in [0.717, 1.165) is 37.1 Å². The number of morpholine rings is 1. The Bertz CT molecular complexity index is 696. The van der Waals surface area contributed by atoms with Gasteiger partial charge in [0.2, 0.25) is 0 Å². The monoisotopic (exact) mass is 317 g/mol. The van der Waals surface area contributed by atoms with Gasteiger partial charge in [-0.05, 0) is 6.07 Å². The molecule has 22 heavy (non-hydrogen) atoms. The molecule has 0 aliphatic carbocycles. The van der Waals surface area contributed by atoms with Gasteiger partial charge in [-0.15, -0.1) is 11.3 Å². The number of nitrogens with zero attached hydrogens (tertiary/aromatic N) is 3. The Morgan fingerprint density at radius 3 is 3.09 bits per heavy atom. The number of rotatable bonds is 4. The maximum Gasteiger partial charge on any atom is 0.268 e. The number of aromatic amines is 1. The third kappa shape index (κ3) is 3.27. The fourth-order valence-corrected chi connectivity index (χ4v) is 3.01. The van der Waals surface area contributed by atoms with Crippen LogP contribution in [0.25, 0.3) is 0 Å². The average molecular weight is 317 g/mol. The molecule has 1 aliphatic rings. The molecule has 3 rings (SSSR count). The summed E-state index contributed by atoms with van der Waals surface area (Å²) in [7, 11) is 0.